The molecule has 0 bridgehead atoms. The third-order valence-corrected chi connectivity index (χ3v) is 4.13. The highest BCUT2D eigenvalue weighted by Crippen LogP contribution is 2.30. The van der Waals surface area contributed by atoms with Crippen molar-refractivity contribution in [1.82, 2.24) is 20.1 Å². The molecule has 1 aromatic carbocycles. The Hall–Kier alpha value is -3.67. The van der Waals surface area contributed by atoms with Gasteiger partial charge in [0, 0.05) is 6.07 Å². The van der Waals surface area contributed by atoms with Crippen LogP contribution < -0.4 is 15.4 Å². The van der Waals surface area contributed by atoms with Crippen LogP contribution in [0, 0.1) is 5.82 Å². The van der Waals surface area contributed by atoms with E-state index in [0.29, 0.717) is 11.4 Å². The highest BCUT2D eigenvalue weighted by atomic mass is 19.4. The van der Waals surface area contributed by atoms with Gasteiger partial charge in [-0.15, -0.1) is 0 Å². The zero-order valence-corrected chi connectivity index (χ0v) is 16.1. The van der Waals surface area contributed by atoms with Gasteiger partial charge < -0.3 is 20.5 Å². The van der Waals surface area contributed by atoms with E-state index in [2.05, 4.69) is 20.7 Å². The molecule has 164 valence electrons. The maximum Gasteiger partial charge on any atom is 0.435 e. The first-order valence-corrected chi connectivity index (χ1v) is 8.82. The van der Waals surface area contributed by atoms with E-state index in [0.717, 1.165) is 16.8 Å². The molecule has 2 amide bonds. The standard InChI is InChI=1S/C19H17F4N5O3/c1-31-16-5-4-13(6-15(16)20)28-14(7-17(27-28)19(21,22)23)9-25-18(30)26-11-2-3-12(10-29)24-8-11/h2-8,29H,9-10H2,1H3,(H2,25,26,30). The van der Waals surface area contributed by atoms with Gasteiger partial charge in [0.1, 0.15) is 0 Å². The largest absolute Gasteiger partial charge is 0.494 e. The van der Waals surface area contributed by atoms with Crippen molar-refractivity contribution in [3.05, 3.63) is 65.5 Å². The Bertz CT molecular complexity index is 1070. The second-order valence-electron chi connectivity index (χ2n) is 6.25. The predicted molar refractivity (Wildman–Crippen MR) is 101 cm³/mol. The number of halogens is 4. The number of amides is 2. The van der Waals surface area contributed by atoms with Crippen molar-refractivity contribution in [2.24, 2.45) is 0 Å². The molecule has 0 atom stereocenters. The van der Waals surface area contributed by atoms with Crippen LogP contribution in [-0.2, 0) is 19.3 Å². The number of nitrogens with one attached hydrogen (secondary N) is 2. The number of carbonyl (C=O) groups excluding carboxylic acids is 1. The van der Waals surface area contributed by atoms with E-state index in [1.807, 2.05) is 0 Å². The zero-order chi connectivity index (χ0) is 22.6. The summed E-state index contributed by atoms with van der Waals surface area (Å²) < 4.78 is 59.2. The number of hydrogen-bond donors (Lipinski definition) is 3. The Balaban J connectivity index is 1.80. The molecule has 0 aliphatic carbocycles. The quantitative estimate of drug-likeness (QED) is 0.512. The van der Waals surface area contributed by atoms with Crippen molar-refractivity contribution in [1.29, 1.82) is 0 Å². The van der Waals surface area contributed by atoms with Gasteiger partial charge >= 0.3 is 12.2 Å². The number of rotatable bonds is 6. The van der Waals surface area contributed by atoms with Gasteiger partial charge in [0.2, 0.25) is 0 Å². The van der Waals surface area contributed by atoms with Gasteiger partial charge in [-0.05, 0) is 30.3 Å². The minimum Gasteiger partial charge on any atom is -0.494 e. The fourth-order valence-electron chi connectivity index (χ4n) is 2.63. The Morgan fingerprint density at radius 2 is 2.00 bits per heavy atom. The summed E-state index contributed by atoms with van der Waals surface area (Å²) in [6, 6.07) is 6.63. The van der Waals surface area contributed by atoms with Gasteiger partial charge in [-0.1, -0.05) is 0 Å². The number of carbonyl (C=O) groups is 1. The Kier molecular flexibility index (Phi) is 6.39. The molecular formula is C19H17F4N5O3. The lowest BCUT2D eigenvalue weighted by Gasteiger charge is -2.11. The van der Waals surface area contributed by atoms with Gasteiger partial charge in [0.05, 0.1) is 49.2 Å². The van der Waals surface area contributed by atoms with E-state index in [9.17, 15) is 22.4 Å². The number of benzene rings is 1. The Morgan fingerprint density at radius 3 is 2.58 bits per heavy atom. The molecule has 3 aromatic rings. The first kappa shape index (κ1) is 22.0. The number of ether oxygens (including phenoxy) is 1. The van der Waals surface area contributed by atoms with Crippen molar-refractivity contribution in [2.75, 3.05) is 12.4 Å². The minimum absolute atomic E-state index is 0.0230. The maximum atomic E-state index is 14.0. The molecule has 0 radical (unpaired) electrons. The molecule has 0 saturated heterocycles. The molecule has 12 heteroatoms. The second-order valence-corrected chi connectivity index (χ2v) is 6.25. The van der Waals surface area contributed by atoms with Gasteiger partial charge in [0.25, 0.3) is 0 Å². The van der Waals surface area contributed by atoms with E-state index in [4.69, 9.17) is 9.84 Å². The molecule has 31 heavy (non-hydrogen) atoms. The van der Waals surface area contributed by atoms with E-state index >= 15 is 0 Å². The average molecular weight is 439 g/mol. The summed E-state index contributed by atoms with van der Waals surface area (Å²) in [6.07, 6.45) is -3.41. The van der Waals surface area contributed by atoms with Crippen LogP contribution in [0.2, 0.25) is 0 Å². The summed E-state index contributed by atoms with van der Waals surface area (Å²) in [6.45, 7) is -0.589. The van der Waals surface area contributed by atoms with Crippen LogP contribution >= 0.6 is 0 Å². The van der Waals surface area contributed by atoms with Crippen LogP contribution in [0.15, 0.2) is 42.6 Å². The molecule has 0 spiro atoms. The molecular weight excluding hydrogens is 422 g/mol. The number of pyridine rings is 1. The van der Waals surface area contributed by atoms with Crippen LogP contribution in [0.25, 0.3) is 5.69 Å². The van der Waals surface area contributed by atoms with E-state index in [1.165, 1.54) is 37.6 Å². The average Bonchev–Trinajstić information content (AvgIpc) is 3.17. The monoisotopic (exact) mass is 439 g/mol. The third-order valence-electron chi connectivity index (χ3n) is 4.13. The number of alkyl halides is 3. The van der Waals surface area contributed by atoms with E-state index in [-0.39, 0.29) is 30.3 Å². The van der Waals surface area contributed by atoms with Gasteiger partial charge in [0.15, 0.2) is 17.3 Å². The van der Waals surface area contributed by atoms with E-state index < -0.39 is 23.7 Å². The lowest BCUT2D eigenvalue weighted by Crippen LogP contribution is -2.29. The number of nitrogens with zero attached hydrogens (tertiary/aromatic N) is 3. The second kappa shape index (κ2) is 9.00. The molecule has 3 rings (SSSR count). The lowest BCUT2D eigenvalue weighted by molar-refractivity contribution is -0.141. The molecule has 0 unspecified atom stereocenters. The number of aliphatic hydroxyl groups is 1. The first-order valence-electron chi connectivity index (χ1n) is 8.82. The molecule has 3 N–H and O–H groups in total. The fraction of sp³-hybridized carbons (Fsp3) is 0.211. The molecule has 8 nitrogen and oxygen atoms in total. The third kappa shape index (κ3) is 5.28. The first-order chi connectivity index (χ1) is 14.7. The zero-order valence-electron chi connectivity index (χ0n) is 16.1. The summed E-state index contributed by atoms with van der Waals surface area (Å²) in [7, 11) is 1.26. The molecule has 0 aliphatic heterocycles. The predicted octanol–water partition coefficient (Wildman–Crippen LogP) is 3.25. The molecule has 2 heterocycles. The number of aromatic nitrogens is 3. The molecule has 0 aliphatic rings. The van der Waals surface area contributed by atoms with E-state index in [1.54, 1.807) is 0 Å². The Labute approximate surface area is 173 Å². The van der Waals surface area contributed by atoms with Crippen LogP contribution in [-0.4, -0.2) is 33.0 Å². The summed E-state index contributed by atoms with van der Waals surface area (Å²) in [5.74, 6) is -0.855. The van der Waals surface area contributed by atoms with Crippen molar-refractivity contribution in [3.8, 4) is 11.4 Å². The fourth-order valence-corrected chi connectivity index (χ4v) is 2.63. The highest BCUT2D eigenvalue weighted by Gasteiger charge is 2.35. The summed E-state index contributed by atoms with van der Waals surface area (Å²) >= 11 is 0. The number of urea groups is 1. The number of methoxy groups -OCH3 is 1. The highest BCUT2D eigenvalue weighted by molar-refractivity contribution is 5.88. The molecule has 0 fully saturated rings. The van der Waals surface area contributed by atoms with Crippen LogP contribution in [0.1, 0.15) is 17.1 Å². The smallest absolute Gasteiger partial charge is 0.435 e. The molecule has 0 saturated carbocycles. The maximum absolute atomic E-state index is 14.0. The van der Waals surface area contributed by atoms with Crippen LogP contribution in [0.5, 0.6) is 5.75 Å². The topological polar surface area (TPSA) is 101 Å². The van der Waals surface area contributed by atoms with Crippen molar-refractivity contribution in [3.63, 3.8) is 0 Å². The van der Waals surface area contributed by atoms with Gasteiger partial charge in [-0.2, -0.15) is 18.3 Å². The van der Waals surface area contributed by atoms with Gasteiger partial charge in [-0.25, -0.2) is 13.9 Å². The lowest BCUT2D eigenvalue weighted by atomic mass is 10.2. The molecule has 2 aromatic heterocycles. The van der Waals surface area contributed by atoms with Crippen LogP contribution in [0.4, 0.5) is 28.0 Å². The number of hydrogen-bond acceptors (Lipinski definition) is 5. The normalized spacial score (nSPS) is 11.3. The van der Waals surface area contributed by atoms with Crippen molar-refractivity contribution < 1.29 is 32.2 Å². The Morgan fingerprint density at radius 1 is 1.23 bits per heavy atom. The summed E-state index contributed by atoms with van der Waals surface area (Å²) in [5.41, 5.74) is -0.474. The SMILES string of the molecule is COc1ccc(-n2nc(C(F)(F)F)cc2CNC(=O)Nc2ccc(CO)nc2)cc1F. The van der Waals surface area contributed by atoms with Crippen molar-refractivity contribution >= 4 is 11.7 Å². The van der Waals surface area contributed by atoms with Crippen molar-refractivity contribution in [2.45, 2.75) is 19.3 Å². The number of aliphatic hydroxyl groups excluding tert-OH is 1. The summed E-state index contributed by atoms with van der Waals surface area (Å²) in [4.78, 5) is 16.0. The number of anilines is 1. The van der Waals surface area contributed by atoms with Crippen LogP contribution in [0.3, 0.4) is 0 Å². The minimum atomic E-state index is -4.73. The van der Waals surface area contributed by atoms with Gasteiger partial charge in [-0.3, -0.25) is 4.98 Å². The summed E-state index contributed by atoms with van der Waals surface area (Å²) in [5, 5.41) is 17.3.